The summed E-state index contributed by atoms with van der Waals surface area (Å²) in [4.78, 5) is 27.2. The number of carbonyl (C=O) groups excluding carboxylic acids is 2. The number of benzene rings is 3. The number of halogens is 3. The van der Waals surface area contributed by atoms with Gasteiger partial charge >= 0.3 is 0 Å². The molecule has 8 heteroatoms. The van der Waals surface area contributed by atoms with Gasteiger partial charge in [0.1, 0.15) is 5.82 Å². The fraction of sp³-hybridized carbons (Fsp3) is 0.0769. The molecule has 1 saturated heterocycles. The van der Waals surface area contributed by atoms with Crippen LogP contribution in [0.5, 0.6) is 0 Å². The van der Waals surface area contributed by atoms with Gasteiger partial charge in [-0.25, -0.2) is 4.39 Å². The Bertz CT molecular complexity index is 1470. The van der Waals surface area contributed by atoms with Crippen molar-refractivity contribution in [3.63, 3.8) is 0 Å². The van der Waals surface area contributed by atoms with Crippen LogP contribution >= 0.6 is 39.3 Å². The first kappa shape index (κ1) is 22.9. The van der Waals surface area contributed by atoms with Crippen LogP contribution in [0.2, 0.25) is 5.02 Å². The van der Waals surface area contributed by atoms with E-state index >= 15 is 0 Å². The highest BCUT2D eigenvalue weighted by atomic mass is 79.9. The summed E-state index contributed by atoms with van der Waals surface area (Å²) in [5.41, 5.74) is 3.07. The van der Waals surface area contributed by atoms with E-state index in [0.717, 1.165) is 38.3 Å². The van der Waals surface area contributed by atoms with Crippen LogP contribution in [0.3, 0.4) is 0 Å². The summed E-state index contributed by atoms with van der Waals surface area (Å²) in [7, 11) is 0. The average molecular weight is 556 g/mol. The van der Waals surface area contributed by atoms with Crippen LogP contribution in [0.15, 0.2) is 82.3 Å². The van der Waals surface area contributed by atoms with E-state index < -0.39 is 0 Å². The van der Waals surface area contributed by atoms with Crippen molar-refractivity contribution in [3.05, 3.63) is 110 Å². The number of hydrogen-bond donors (Lipinski definition) is 0. The molecule has 1 aliphatic heterocycles. The van der Waals surface area contributed by atoms with Gasteiger partial charge in [-0.15, -0.1) is 0 Å². The van der Waals surface area contributed by atoms with E-state index in [1.165, 1.54) is 11.0 Å². The van der Waals surface area contributed by atoms with Crippen molar-refractivity contribution in [1.82, 2.24) is 9.47 Å². The van der Waals surface area contributed by atoms with Gasteiger partial charge in [0.05, 0.1) is 18.0 Å². The van der Waals surface area contributed by atoms with Crippen molar-refractivity contribution in [1.29, 1.82) is 0 Å². The van der Waals surface area contributed by atoms with Crippen LogP contribution in [-0.4, -0.2) is 20.6 Å². The minimum absolute atomic E-state index is 0.180. The third-order valence-electron chi connectivity index (χ3n) is 5.59. The van der Waals surface area contributed by atoms with E-state index in [-0.39, 0.29) is 23.5 Å². The first-order valence-corrected chi connectivity index (χ1v) is 12.4. The maximum Gasteiger partial charge on any atom is 0.293 e. The number of imide groups is 1. The molecule has 1 fully saturated rings. The molecule has 1 aromatic heterocycles. The molecule has 0 radical (unpaired) electrons. The largest absolute Gasteiger partial charge is 0.342 e. The highest BCUT2D eigenvalue weighted by Gasteiger charge is 2.35. The second-order valence-corrected chi connectivity index (χ2v) is 10.2. The van der Waals surface area contributed by atoms with Crippen molar-refractivity contribution in [2.24, 2.45) is 0 Å². The predicted molar refractivity (Wildman–Crippen MR) is 138 cm³/mol. The van der Waals surface area contributed by atoms with Crippen molar-refractivity contribution in [2.45, 2.75) is 13.1 Å². The molecule has 0 saturated carbocycles. The smallest absolute Gasteiger partial charge is 0.293 e. The molecule has 34 heavy (non-hydrogen) atoms. The van der Waals surface area contributed by atoms with Crippen molar-refractivity contribution in [2.75, 3.05) is 0 Å². The van der Waals surface area contributed by atoms with Crippen molar-refractivity contribution in [3.8, 4) is 0 Å². The average Bonchev–Trinajstić information content (AvgIpc) is 3.28. The fourth-order valence-electron chi connectivity index (χ4n) is 3.90. The van der Waals surface area contributed by atoms with E-state index in [1.807, 2.05) is 29.0 Å². The summed E-state index contributed by atoms with van der Waals surface area (Å²) in [5, 5.41) is 1.17. The summed E-state index contributed by atoms with van der Waals surface area (Å²) < 4.78 is 17.1. The zero-order valence-electron chi connectivity index (χ0n) is 17.7. The molecule has 170 valence electrons. The van der Waals surface area contributed by atoms with Crippen molar-refractivity contribution < 1.29 is 14.0 Å². The summed E-state index contributed by atoms with van der Waals surface area (Å²) >= 11 is 10.4. The number of amides is 2. The van der Waals surface area contributed by atoms with Gasteiger partial charge in [0.2, 0.25) is 0 Å². The first-order valence-electron chi connectivity index (χ1n) is 10.4. The Balaban J connectivity index is 1.49. The number of carbonyl (C=O) groups is 2. The normalized spacial score (nSPS) is 15.1. The standard InChI is InChI=1S/C26H17BrClFN2O2S/c27-19-7-10-23-21(12-19)18(15-30(23)14-17-3-1-2-4-22(17)29)11-24-25(32)31(26(33)34-24)13-16-5-8-20(28)9-6-16/h1-12,15H,13-14H2/b24-11-. The monoisotopic (exact) mass is 554 g/mol. The molecule has 0 spiro atoms. The van der Waals surface area contributed by atoms with Gasteiger partial charge in [0, 0.05) is 37.7 Å². The van der Waals surface area contributed by atoms with E-state index in [4.69, 9.17) is 11.6 Å². The lowest BCUT2D eigenvalue weighted by Gasteiger charge is -2.12. The number of nitrogens with zero attached hydrogens (tertiary/aromatic N) is 2. The number of aromatic nitrogens is 1. The lowest BCUT2D eigenvalue weighted by molar-refractivity contribution is -0.123. The topological polar surface area (TPSA) is 42.3 Å². The predicted octanol–water partition coefficient (Wildman–Crippen LogP) is 7.48. The molecule has 4 nitrogen and oxygen atoms in total. The van der Waals surface area contributed by atoms with Gasteiger partial charge in [0.25, 0.3) is 11.1 Å². The number of rotatable bonds is 5. The molecule has 2 heterocycles. The van der Waals surface area contributed by atoms with Crippen LogP contribution < -0.4 is 0 Å². The molecule has 0 N–H and O–H groups in total. The highest BCUT2D eigenvalue weighted by molar-refractivity contribution is 9.10. The molecular formula is C26H17BrClFN2O2S. The molecule has 2 amide bonds. The SMILES string of the molecule is O=C1S/C(=C\c2cn(Cc3ccccc3F)c3ccc(Br)cc23)C(=O)N1Cc1ccc(Cl)cc1. The van der Waals surface area contributed by atoms with E-state index in [1.54, 1.807) is 48.5 Å². The molecule has 0 unspecified atom stereocenters. The summed E-state index contributed by atoms with van der Waals surface area (Å²) in [6, 6.07) is 19.5. The zero-order chi connectivity index (χ0) is 23.8. The van der Waals surface area contributed by atoms with Crippen LogP contribution in [0.1, 0.15) is 16.7 Å². The maximum atomic E-state index is 14.3. The second-order valence-electron chi connectivity index (χ2n) is 7.86. The molecule has 3 aromatic carbocycles. The second kappa shape index (κ2) is 9.41. The molecule has 1 aliphatic rings. The Morgan fingerprint density at radius 2 is 1.76 bits per heavy atom. The lowest BCUT2D eigenvalue weighted by atomic mass is 10.1. The molecule has 4 aromatic rings. The number of fused-ring (bicyclic) bond motifs is 1. The van der Waals surface area contributed by atoms with E-state index in [2.05, 4.69) is 15.9 Å². The van der Waals surface area contributed by atoms with Gasteiger partial charge in [0.15, 0.2) is 0 Å². The van der Waals surface area contributed by atoms with Crippen LogP contribution in [0.25, 0.3) is 17.0 Å². The van der Waals surface area contributed by atoms with Crippen LogP contribution in [0, 0.1) is 5.82 Å². The summed E-state index contributed by atoms with van der Waals surface area (Å²) in [6.45, 7) is 0.524. The minimum Gasteiger partial charge on any atom is -0.342 e. The Hall–Kier alpha value is -2.87. The van der Waals surface area contributed by atoms with Crippen LogP contribution in [0.4, 0.5) is 9.18 Å². The summed E-state index contributed by atoms with van der Waals surface area (Å²) in [6.07, 6.45) is 3.62. The van der Waals surface area contributed by atoms with E-state index in [9.17, 15) is 14.0 Å². The Morgan fingerprint density at radius 3 is 2.53 bits per heavy atom. The highest BCUT2D eigenvalue weighted by Crippen LogP contribution is 2.36. The molecular weight excluding hydrogens is 539 g/mol. The van der Waals surface area contributed by atoms with Gasteiger partial charge < -0.3 is 4.57 Å². The summed E-state index contributed by atoms with van der Waals surface area (Å²) in [5.74, 6) is -0.610. The molecule has 0 aliphatic carbocycles. The lowest BCUT2D eigenvalue weighted by Crippen LogP contribution is -2.27. The fourth-order valence-corrected chi connectivity index (χ4v) is 5.22. The molecule has 5 rings (SSSR count). The molecule has 0 atom stereocenters. The third kappa shape index (κ3) is 4.56. The Labute approximate surface area is 213 Å². The third-order valence-corrected chi connectivity index (χ3v) is 7.24. The minimum atomic E-state index is -0.338. The van der Waals surface area contributed by atoms with Crippen molar-refractivity contribution >= 4 is 67.4 Å². The van der Waals surface area contributed by atoms with E-state index in [0.29, 0.717) is 22.0 Å². The zero-order valence-corrected chi connectivity index (χ0v) is 20.8. The van der Waals surface area contributed by atoms with Gasteiger partial charge in [-0.3, -0.25) is 14.5 Å². The van der Waals surface area contributed by atoms with Gasteiger partial charge in [-0.2, -0.15) is 0 Å². The van der Waals surface area contributed by atoms with Crippen LogP contribution in [-0.2, 0) is 17.9 Å². The maximum absolute atomic E-state index is 14.3. The number of hydrogen-bond acceptors (Lipinski definition) is 3. The van der Waals surface area contributed by atoms with Gasteiger partial charge in [-0.1, -0.05) is 57.9 Å². The Morgan fingerprint density at radius 1 is 1.00 bits per heavy atom. The quantitative estimate of drug-likeness (QED) is 0.240. The molecule has 0 bridgehead atoms. The Kier molecular flexibility index (Phi) is 6.34. The number of thioether (sulfide) groups is 1. The van der Waals surface area contributed by atoms with Gasteiger partial charge in [-0.05, 0) is 59.8 Å². The first-order chi connectivity index (χ1) is 16.4.